The lowest BCUT2D eigenvalue weighted by molar-refractivity contribution is -0.143. The Morgan fingerprint density at radius 2 is 1.80 bits per heavy atom. The van der Waals surface area contributed by atoms with E-state index in [4.69, 9.17) is 4.74 Å². The fraction of sp³-hybridized carbons (Fsp3) is 0.500. The Hall–Kier alpha value is -2.66. The number of amides is 1. The lowest BCUT2D eigenvalue weighted by Crippen LogP contribution is -2.55. The van der Waals surface area contributed by atoms with Gasteiger partial charge in [-0.15, -0.1) is 0 Å². The van der Waals surface area contributed by atoms with Crippen molar-refractivity contribution >= 4 is 5.91 Å². The summed E-state index contributed by atoms with van der Waals surface area (Å²) >= 11 is 0. The van der Waals surface area contributed by atoms with E-state index in [1.54, 1.807) is 18.5 Å². The van der Waals surface area contributed by atoms with E-state index in [2.05, 4.69) is 15.6 Å². The van der Waals surface area contributed by atoms with Crippen LogP contribution in [-0.2, 0) is 35.0 Å². The van der Waals surface area contributed by atoms with Gasteiger partial charge in [0.1, 0.15) is 0 Å². The molecule has 4 unspecified atom stereocenters. The molecule has 5 nitrogen and oxygen atoms in total. The van der Waals surface area contributed by atoms with Crippen molar-refractivity contribution in [2.24, 2.45) is 5.92 Å². The first-order valence-corrected chi connectivity index (χ1v) is 11.2. The predicted molar refractivity (Wildman–Crippen MR) is 114 cm³/mol. The molecule has 4 atom stereocenters. The highest BCUT2D eigenvalue weighted by atomic mass is 19.4. The number of hydrogen-bond acceptors (Lipinski definition) is 4. The third-order valence-electron chi connectivity index (χ3n) is 6.72. The SMILES string of the molecule is CC12CC(C(=O)NCc3cccnc3)C(CCC1OCc1cc(C(F)(F)F)cc(C(F)(F)F)c1)N2. The summed E-state index contributed by atoms with van der Waals surface area (Å²) in [5.74, 6) is -0.445. The maximum atomic E-state index is 13.1. The fourth-order valence-corrected chi connectivity index (χ4v) is 4.99. The number of rotatable bonds is 6. The van der Waals surface area contributed by atoms with E-state index in [1.807, 2.05) is 13.0 Å². The van der Waals surface area contributed by atoms with E-state index >= 15 is 0 Å². The van der Waals surface area contributed by atoms with Gasteiger partial charge >= 0.3 is 12.4 Å². The third kappa shape index (κ3) is 5.78. The molecule has 0 aliphatic carbocycles. The highest BCUT2D eigenvalue weighted by Crippen LogP contribution is 2.42. The smallest absolute Gasteiger partial charge is 0.372 e. The Labute approximate surface area is 198 Å². The van der Waals surface area contributed by atoms with Crippen LogP contribution in [0.25, 0.3) is 0 Å². The molecular formula is C24H25F6N3O2. The van der Waals surface area contributed by atoms with Crippen LogP contribution < -0.4 is 10.6 Å². The van der Waals surface area contributed by atoms with E-state index in [-0.39, 0.29) is 29.5 Å². The van der Waals surface area contributed by atoms with Crippen LogP contribution in [-0.4, -0.2) is 28.6 Å². The Morgan fingerprint density at radius 3 is 2.40 bits per heavy atom. The molecule has 1 aromatic heterocycles. The molecule has 4 rings (SSSR count). The number of alkyl halides is 6. The van der Waals surface area contributed by atoms with Gasteiger partial charge in [-0.05, 0) is 61.6 Å². The minimum Gasteiger partial charge on any atom is -0.372 e. The van der Waals surface area contributed by atoms with Gasteiger partial charge in [0.15, 0.2) is 0 Å². The van der Waals surface area contributed by atoms with Gasteiger partial charge in [0.05, 0.1) is 29.8 Å². The predicted octanol–water partition coefficient (Wildman–Crippen LogP) is 4.85. The standard InChI is InChI=1S/C24H25F6N3O2/c1-22-10-18(21(34)32-12-14-3-2-6-31-11-14)19(33-22)4-5-20(22)35-13-15-7-16(23(25,26)27)9-17(8-15)24(28,29)30/h2-3,6-9,11,18-20,33H,4-5,10,12-13H2,1H3,(H,32,34). The van der Waals surface area contributed by atoms with Crippen LogP contribution in [0, 0.1) is 5.92 Å². The summed E-state index contributed by atoms with van der Waals surface area (Å²) in [4.78, 5) is 16.8. The maximum Gasteiger partial charge on any atom is 0.416 e. The number of aromatic nitrogens is 1. The number of nitrogens with one attached hydrogen (secondary N) is 2. The molecular weight excluding hydrogens is 476 g/mol. The fourth-order valence-electron chi connectivity index (χ4n) is 4.99. The average Bonchev–Trinajstić information content (AvgIpc) is 3.07. The van der Waals surface area contributed by atoms with Gasteiger partial charge in [-0.2, -0.15) is 26.3 Å². The molecule has 0 radical (unpaired) electrons. The number of fused-ring (bicyclic) bond motifs is 2. The molecule has 2 aromatic rings. The summed E-state index contributed by atoms with van der Waals surface area (Å²) in [6, 6.07) is 5.00. The second-order valence-corrected chi connectivity index (χ2v) is 9.35. The minimum absolute atomic E-state index is 0.0841. The van der Waals surface area contributed by atoms with Gasteiger partial charge in [-0.25, -0.2) is 0 Å². The number of halogens is 6. The Morgan fingerprint density at radius 1 is 1.11 bits per heavy atom. The van der Waals surface area contributed by atoms with Gasteiger partial charge in [0.25, 0.3) is 0 Å². The van der Waals surface area contributed by atoms with Crippen LogP contribution in [0.15, 0.2) is 42.7 Å². The summed E-state index contributed by atoms with van der Waals surface area (Å²) in [7, 11) is 0. The van der Waals surface area contributed by atoms with Crippen LogP contribution in [0.2, 0.25) is 0 Å². The zero-order valence-electron chi connectivity index (χ0n) is 18.8. The zero-order valence-corrected chi connectivity index (χ0v) is 18.8. The number of carbonyl (C=O) groups is 1. The molecule has 2 bridgehead atoms. The monoisotopic (exact) mass is 501 g/mol. The molecule has 3 heterocycles. The van der Waals surface area contributed by atoms with E-state index in [9.17, 15) is 31.1 Å². The maximum absolute atomic E-state index is 13.1. The Kier molecular flexibility index (Phi) is 6.85. The van der Waals surface area contributed by atoms with Crippen molar-refractivity contribution in [3.8, 4) is 0 Å². The molecule has 11 heteroatoms. The van der Waals surface area contributed by atoms with Crippen LogP contribution in [0.3, 0.4) is 0 Å². The second kappa shape index (κ2) is 9.42. The summed E-state index contributed by atoms with van der Waals surface area (Å²) in [5, 5.41) is 6.31. The first-order chi connectivity index (χ1) is 16.3. The molecule has 2 aliphatic rings. The average molecular weight is 501 g/mol. The topological polar surface area (TPSA) is 63.2 Å². The van der Waals surface area contributed by atoms with Crippen molar-refractivity contribution in [2.75, 3.05) is 0 Å². The van der Waals surface area contributed by atoms with Crippen LogP contribution >= 0.6 is 0 Å². The van der Waals surface area contributed by atoms with Crippen molar-refractivity contribution in [1.82, 2.24) is 15.6 Å². The molecule has 0 saturated carbocycles. The first-order valence-electron chi connectivity index (χ1n) is 11.2. The van der Waals surface area contributed by atoms with Gasteiger partial charge in [-0.1, -0.05) is 6.07 Å². The molecule has 2 fully saturated rings. The molecule has 1 amide bonds. The number of piperidine rings is 1. The number of benzene rings is 1. The minimum atomic E-state index is -4.91. The van der Waals surface area contributed by atoms with E-state index in [1.165, 1.54) is 0 Å². The molecule has 2 N–H and O–H groups in total. The number of pyridine rings is 1. The Bertz CT molecular complexity index is 1030. The van der Waals surface area contributed by atoms with Crippen LogP contribution in [0.4, 0.5) is 26.3 Å². The summed E-state index contributed by atoms with van der Waals surface area (Å²) in [5.41, 5.74) is -2.72. The van der Waals surface area contributed by atoms with Crippen molar-refractivity contribution in [3.05, 3.63) is 65.0 Å². The van der Waals surface area contributed by atoms with Crippen LogP contribution in [0.1, 0.15) is 48.4 Å². The lowest BCUT2D eigenvalue weighted by Gasteiger charge is -2.39. The molecule has 2 saturated heterocycles. The van der Waals surface area contributed by atoms with Gasteiger partial charge < -0.3 is 15.4 Å². The van der Waals surface area contributed by atoms with Crippen molar-refractivity contribution in [2.45, 2.75) is 69.4 Å². The summed E-state index contributed by atoms with van der Waals surface area (Å²) in [6.45, 7) is 1.80. The van der Waals surface area contributed by atoms with E-state index in [0.29, 0.717) is 37.9 Å². The van der Waals surface area contributed by atoms with Crippen LogP contribution in [0.5, 0.6) is 0 Å². The highest BCUT2D eigenvalue weighted by Gasteiger charge is 2.52. The zero-order chi connectivity index (χ0) is 25.4. The molecule has 190 valence electrons. The van der Waals surface area contributed by atoms with Gasteiger partial charge in [0, 0.05) is 30.5 Å². The third-order valence-corrected chi connectivity index (χ3v) is 6.72. The van der Waals surface area contributed by atoms with Gasteiger partial charge in [0.2, 0.25) is 5.91 Å². The Balaban J connectivity index is 1.42. The highest BCUT2D eigenvalue weighted by molar-refractivity contribution is 5.80. The van der Waals surface area contributed by atoms with Gasteiger partial charge in [-0.3, -0.25) is 9.78 Å². The summed E-state index contributed by atoms with van der Waals surface area (Å²) in [6.07, 6.45) is -5.43. The first kappa shape index (κ1) is 25.4. The largest absolute Gasteiger partial charge is 0.416 e. The number of nitrogens with zero attached hydrogens (tertiary/aromatic N) is 1. The number of ether oxygens (including phenoxy) is 1. The molecule has 0 spiro atoms. The number of carbonyl (C=O) groups excluding carboxylic acids is 1. The molecule has 1 aromatic carbocycles. The lowest BCUT2D eigenvalue weighted by atomic mass is 9.88. The quantitative estimate of drug-likeness (QED) is 0.556. The van der Waals surface area contributed by atoms with Crippen molar-refractivity contribution in [3.63, 3.8) is 0 Å². The second-order valence-electron chi connectivity index (χ2n) is 9.35. The van der Waals surface area contributed by atoms with Crippen molar-refractivity contribution in [1.29, 1.82) is 0 Å². The summed E-state index contributed by atoms with van der Waals surface area (Å²) < 4.78 is 84.7. The van der Waals surface area contributed by atoms with E-state index < -0.39 is 41.7 Å². The normalized spacial score (nSPS) is 26.5. The molecule has 35 heavy (non-hydrogen) atoms. The van der Waals surface area contributed by atoms with E-state index in [0.717, 1.165) is 5.56 Å². The molecule has 2 aliphatic heterocycles. The van der Waals surface area contributed by atoms with Crippen molar-refractivity contribution < 1.29 is 35.9 Å². The number of hydrogen-bond donors (Lipinski definition) is 2.